The minimum Gasteiger partial charge on any atom is -0.444 e. The number of carbonyl (C=O) groups is 1. The normalized spacial score (nSPS) is 24.5. The highest BCUT2D eigenvalue weighted by Gasteiger charge is 2.58. The van der Waals surface area contributed by atoms with Crippen molar-refractivity contribution in [3.8, 4) is 0 Å². The molecule has 0 bridgehead atoms. The van der Waals surface area contributed by atoms with E-state index in [1.807, 2.05) is 10.4 Å². The summed E-state index contributed by atoms with van der Waals surface area (Å²) in [6.45, 7) is 0.611. The number of pyridine rings is 1. The number of nitrogens with zero attached hydrogens (tertiary/aromatic N) is 2. The summed E-state index contributed by atoms with van der Waals surface area (Å²) in [6, 6.07) is 7.17. The second-order valence-electron chi connectivity index (χ2n) is 8.73. The van der Waals surface area contributed by atoms with Gasteiger partial charge < -0.3 is 10.5 Å². The number of hydrogen-bond acceptors (Lipinski definition) is 5. The first-order valence-corrected chi connectivity index (χ1v) is 11.9. The van der Waals surface area contributed by atoms with Crippen molar-refractivity contribution in [2.45, 2.75) is 68.2 Å². The van der Waals surface area contributed by atoms with Crippen LogP contribution in [0.3, 0.4) is 0 Å². The first-order chi connectivity index (χ1) is 14.5. The molecule has 3 fully saturated rings. The fourth-order valence-electron chi connectivity index (χ4n) is 5.00. The highest BCUT2D eigenvalue weighted by molar-refractivity contribution is 7.83. The van der Waals surface area contributed by atoms with Gasteiger partial charge in [-0.3, -0.25) is 14.2 Å². The van der Waals surface area contributed by atoms with Crippen molar-refractivity contribution in [2.75, 3.05) is 6.54 Å². The highest BCUT2D eigenvalue weighted by atomic mass is 32.2. The Morgan fingerprint density at radius 3 is 2.67 bits per heavy atom. The predicted molar refractivity (Wildman–Crippen MR) is 114 cm³/mol. The Hall–Kier alpha value is -2.03. The Kier molecular flexibility index (Phi) is 5.03. The van der Waals surface area contributed by atoms with Crippen molar-refractivity contribution in [1.29, 1.82) is 0 Å². The number of benzene rings is 1. The third-order valence-electron chi connectivity index (χ3n) is 6.99. The molecule has 1 spiro atoms. The molecule has 2 atom stereocenters. The number of aromatic nitrogens is 1. The third-order valence-corrected chi connectivity index (χ3v) is 8.67. The molecular weight excluding hydrogens is 402 g/mol. The van der Waals surface area contributed by atoms with Crippen LogP contribution in [0.2, 0.25) is 0 Å². The van der Waals surface area contributed by atoms with Gasteiger partial charge in [-0.25, -0.2) is 8.51 Å². The Bertz CT molecular complexity index is 1070. The average molecular weight is 430 g/mol. The molecule has 2 aliphatic carbocycles. The maximum Gasteiger partial charge on any atom is 0.310 e. The molecule has 30 heavy (non-hydrogen) atoms. The summed E-state index contributed by atoms with van der Waals surface area (Å²) in [6.07, 6.45) is 8.25. The SMILES string of the molecule is NC1CCN(S(=O)c2cccc3c(=O)n(COC(=O)C4CCCC4)ccc23)C12CC2. The van der Waals surface area contributed by atoms with E-state index in [1.54, 1.807) is 24.4 Å². The molecule has 0 radical (unpaired) electrons. The van der Waals surface area contributed by atoms with Crippen LogP contribution in [0.1, 0.15) is 44.9 Å². The number of hydrogen-bond donors (Lipinski definition) is 1. The van der Waals surface area contributed by atoms with Crippen molar-refractivity contribution in [3.63, 3.8) is 0 Å². The van der Waals surface area contributed by atoms with Gasteiger partial charge in [0.2, 0.25) is 0 Å². The van der Waals surface area contributed by atoms with E-state index in [-0.39, 0.29) is 35.8 Å². The van der Waals surface area contributed by atoms with Crippen LogP contribution in [0.4, 0.5) is 0 Å². The molecule has 160 valence electrons. The number of nitrogens with two attached hydrogens (primary N) is 1. The molecule has 1 aliphatic heterocycles. The van der Waals surface area contributed by atoms with Crippen molar-refractivity contribution in [2.24, 2.45) is 11.7 Å². The van der Waals surface area contributed by atoms with E-state index < -0.39 is 11.0 Å². The minimum absolute atomic E-state index is 0.0447. The Morgan fingerprint density at radius 2 is 1.93 bits per heavy atom. The fourth-order valence-corrected chi connectivity index (χ4v) is 6.72. The van der Waals surface area contributed by atoms with Crippen molar-refractivity contribution < 1.29 is 13.7 Å². The molecule has 7 nitrogen and oxygen atoms in total. The van der Waals surface area contributed by atoms with Gasteiger partial charge in [-0.05, 0) is 50.3 Å². The topological polar surface area (TPSA) is 94.6 Å². The maximum absolute atomic E-state index is 13.4. The molecule has 2 unspecified atom stereocenters. The van der Waals surface area contributed by atoms with Crippen LogP contribution in [0.15, 0.2) is 40.2 Å². The zero-order chi connectivity index (χ0) is 20.9. The predicted octanol–water partition coefficient (Wildman–Crippen LogP) is 2.28. The standard InChI is InChI=1S/C22H27N3O4S/c23-19-9-13-25(22(19)10-11-22)30(28)18-7-3-6-17-16(18)8-12-24(20(17)26)14-29-21(27)15-4-1-2-5-15/h3,6-8,12,15,19H,1-2,4-5,9-11,13-14,23H2. The van der Waals surface area contributed by atoms with Crippen LogP contribution in [0.5, 0.6) is 0 Å². The van der Waals surface area contributed by atoms with Gasteiger partial charge in [-0.1, -0.05) is 18.9 Å². The molecular formula is C22H27N3O4S. The zero-order valence-corrected chi connectivity index (χ0v) is 17.7. The Labute approximate surface area is 177 Å². The van der Waals surface area contributed by atoms with Crippen LogP contribution >= 0.6 is 0 Å². The van der Waals surface area contributed by atoms with Gasteiger partial charge in [-0.15, -0.1) is 0 Å². The van der Waals surface area contributed by atoms with Gasteiger partial charge in [0, 0.05) is 35.1 Å². The number of ether oxygens (including phenoxy) is 1. The largest absolute Gasteiger partial charge is 0.444 e. The van der Waals surface area contributed by atoms with Crippen LogP contribution in [-0.4, -0.2) is 37.2 Å². The van der Waals surface area contributed by atoms with Gasteiger partial charge in [0.25, 0.3) is 5.56 Å². The average Bonchev–Trinajstić information content (AvgIpc) is 3.23. The van der Waals surface area contributed by atoms with Crippen molar-refractivity contribution in [3.05, 3.63) is 40.8 Å². The molecule has 1 saturated heterocycles. The summed E-state index contributed by atoms with van der Waals surface area (Å²) >= 11 is 0. The first-order valence-electron chi connectivity index (χ1n) is 10.8. The summed E-state index contributed by atoms with van der Waals surface area (Å²) in [7, 11) is -1.37. The van der Waals surface area contributed by atoms with Gasteiger partial charge in [0.15, 0.2) is 6.73 Å². The quantitative estimate of drug-likeness (QED) is 0.736. The maximum atomic E-state index is 13.4. The number of carbonyl (C=O) groups excluding carboxylic acids is 1. The van der Waals surface area contributed by atoms with Gasteiger partial charge >= 0.3 is 5.97 Å². The van der Waals surface area contributed by atoms with Gasteiger partial charge in [0.1, 0.15) is 11.0 Å². The number of rotatable bonds is 5. The molecule has 5 rings (SSSR count). The summed E-state index contributed by atoms with van der Waals surface area (Å²) in [5.41, 5.74) is 5.88. The Balaban J connectivity index is 1.41. The molecule has 2 N–H and O–H groups in total. The molecule has 3 aliphatic rings. The van der Waals surface area contributed by atoms with E-state index in [1.165, 1.54) is 4.57 Å². The zero-order valence-electron chi connectivity index (χ0n) is 16.9. The summed E-state index contributed by atoms with van der Waals surface area (Å²) in [4.78, 5) is 25.8. The number of esters is 1. The van der Waals surface area contributed by atoms with Gasteiger partial charge in [-0.2, -0.15) is 0 Å². The van der Waals surface area contributed by atoms with Crippen molar-refractivity contribution in [1.82, 2.24) is 8.87 Å². The second kappa shape index (κ2) is 7.59. The first kappa shape index (κ1) is 19.9. The molecule has 2 saturated carbocycles. The lowest BCUT2D eigenvalue weighted by molar-refractivity contribution is -0.152. The molecule has 0 amide bonds. The highest BCUT2D eigenvalue weighted by Crippen LogP contribution is 2.50. The van der Waals surface area contributed by atoms with Gasteiger partial charge in [0.05, 0.1) is 10.8 Å². The summed E-state index contributed by atoms with van der Waals surface area (Å²) in [5, 5.41) is 1.16. The Morgan fingerprint density at radius 1 is 1.17 bits per heavy atom. The number of fused-ring (bicyclic) bond motifs is 1. The lowest BCUT2D eigenvalue weighted by atomic mass is 10.1. The molecule has 1 aromatic carbocycles. The molecule has 1 aromatic heterocycles. The van der Waals surface area contributed by atoms with Crippen LogP contribution in [-0.2, 0) is 27.2 Å². The van der Waals surface area contributed by atoms with E-state index in [2.05, 4.69) is 0 Å². The molecule has 2 aromatic rings. The third kappa shape index (κ3) is 3.21. The molecule has 8 heteroatoms. The van der Waals surface area contributed by atoms with Crippen LogP contribution in [0, 0.1) is 5.92 Å². The van der Waals surface area contributed by atoms with E-state index in [9.17, 15) is 13.8 Å². The minimum atomic E-state index is -1.37. The van der Waals surface area contributed by atoms with Crippen LogP contribution in [0.25, 0.3) is 10.8 Å². The second-order valence-corrected chi connectivity index (χ2v) is 10.1. The monoisotopic (exact) mass is 429 g/mol. The van der Waals surface area contributed by atoms with E-state index in [0.717, 1.165) is 44.9 Å². The lowest BCUT2D eigenvalue weighted by Crippen LogP contribution is -2.42. The fraction of sp³-hybridized carbons (Fsp3) is 0.545. The van der Waals surface area contributed by atoms with E-state index in [4.69, 9.17) is 10.5 Å². The lowest BCUT2D eigenvalue weighted by Gasteiger charge is -2.25. The summed E-state index contributed by atoms with van der Waals surface area (Å²) in [5.74, 6) is -0.272. The smallest absolute Gasteiger partial charge is 0.310 e. The van der Waals surface area contributed by atoms with Crippen molar-refractivity contribution >= 4 is 27.7 Å². The summed E-state index contributed by atoms with van der Waals surface area (Å²) < 4.78 is 22.2. The van der Waals surface area contributed by atoms with Crippen LogP contribution < -0.4 is 11.3 Å². The van der Waals surface area contributed by atoms with E-state index in [0.29, 0.717) is 22.2 Å². The molecule has 2 heterocycles. The van der Waals surface area contributed by atoms with E-state index >= 15 is 0 Å².